The largest absolute Gasteiger partial charge is 0.501 e. The molecule has 0 amide bonds. The monoisotopic (exact) mass is 795 g/mol. The van der Waals surface area contributed by atoms with E-state index in [1.807, 2.05) is 60.9 Å². The Bertz CT molecular complexity index is 2120. The van der Waals surface area contributed by atoms with Crippen LogP contribution in [0.15, 0.2) is 120 Å². The molecule has 4 heterocycles. The molecule has 0 N–H and O–H groups in total. The van der Waals surface area contributed by atoms with E-state index in [9.17, 15) is 0 Å². The van der Waals surface area contributed by atoms with Crippen molar-refractivity contribution < 1.29 is 24.5 Å². The Morgan fingerprint density at radius 3 is 2.20 bits per heavy atom. The Kier molecular flexibility index (Phi) is 8.36. The zero-order chi connectivity index (χ0) is 30.5. The molecule has 0 unspecified atom stereocenters. The van der Waals surface area contributed by atoms with E-state index in [0.29, 0.717) is 0 Å². The van der Waals surface area contributed by atoms with Crippen LogP contribution in [0.25, 0.3) is 55.6 Å². The van der Waals surface area contributed by atoms with Crippen molar-refractivity contribution in [1.29, 1.82) is 0 Å². The Balaban J connectivity index is 0.000000181. The van der Waals surface area contributed by atoms with Crippen LogP contribution in [0.5, 0.6) is 0 Å². The van der Waals surface area contributed by atoms with Crippen LogP contribution in [0.2, 0.25) is 32.7 Å². The fourth-order valence-corrected chi connectivity index (χ4v) is 10.3. The molecule has 8 rings (SSSR count). The molecule has 0 atom stereocenters. The van der Waals surface area contributed by atoms with Crippen LogP contribution in [-0.2, 0) is 20.1 Å². The molecule has 0 spiro atoms. The van der Waals surface area contributed by atoms with Crippen molar-refractivity contribution in [3.05, 3.63) is 128 Å². The van der Waals surface area contributed by atoms with Gasteiger partial charge in [-0.2, -0.15) is 0 Å². The molecule has 6 heteroatoms. The number of aromatic nitrogens is 2. The van der Waals surface area contributed by atoms with Crippen molar-refractivity contribution in [2.75, 3.05) is 0 Å². The summed E-state index contributed by atoms with van der Waals surface area (Å²) < 4.78 is 6.41. The molecule has 0 aliphatic carbocycles. The van der Waals surface area contributed by atoms with Gasteiger partial charge in [0.2, 0.25) is 0 Å². The second-order valence-electron chi connectivity index (χ2n) is 12.9. The van der Waals surface area contributed by atoms with Crippen LogP contribution in [-0.4, -0.2) is 26.1 Å². The summed E-state index contributed by atoms with van der Waals surface area (Å²) in [6.45, 7) is 11.9. The summed E-state index contributed by atoms with van der Waals surface area (Å²) in [5.41, 5.74) is 8.46. The standard InChI is InChI=1S/C25H18NOSi.C14H16NSi.Ir/c1-28(2)23-12-4-3-8-16(23)20-14-19-17-9-7-10-18(21-11-5-6-13-26-21)25(17)27-22(19)15-24(20)28;1-16(2,3)13-9-10-14(15-11-13)12-7-5-4-6-8-12;/h3-9,11-15H,1-2H3;4-7,9-11H,1-3H3;/q2*-1;. The van der Waals surface area contributed by atoms with Gasteiger partial charge in [0.1, 0.15) is 13.7 Å². The van der Waals surface area contributed by atoms with Gasteiger partial charge in [0.15, 0.2) is 0 Å². The number of hydrogen-bond acceptors (Lipinski definition) is 3. The first-order valence-corrected chi connectivity index (χ1v) is 21.6. The maximum absolute atomic E-state index is 6.41. The Labute approximate surface area is 280 Å². The number of furan rings is 1. The number of nitrogens with zero attached hydrogens (tertiary/aromatic N) is 2. The van der Waals surface area contributed by atoms with Gasteiger partial charge in [-0.25, -0.2) is 0 Å². The van der Waals surface area contributed by atoms with E-state index in [2.05, 4.69) is 109 Å². The molecular formula is C39H34IrN2OSi2-2. The minimum atomic E-state index is -1.71. The van der Waals surface area contributed by atoms with Gasteiger partial charge in [-0.05, 0) is 56.3 Å². The molecular weight excluding hydrogens is 761 g/mol. The van der Waals surface area contributed by atoms with Crippen LogP contribution in [0.4, 0.5) is 0 Å². The number of rotatable bonds is 3. The minimum absolute atomic E-state index is 0. The predicted octanol–water partition coefficient (Wildman–Crippen LogP) is 8.34. The van der Waals surface area contributed by atoms with Gasteiger partial charge in [0.25, 0.3) is 0 Å². The molecule has 7 aromatic rings. The van der Waals surface area contributed by atoms with Crippen molar-refractivity contribution in [1.82, 2.24) is 9.97 Å². The zero-order valence-corrected chi connectivity index (χ0v) is 30.5. The molecule has 1 aliphatic rings. The van der Waals surface area contributed by atoms with E-state index in [0.717, 1.165) is 39.1 Å². The van der Waals surface area contributed by atoms with E-state index >= 15 is 0 Å². The molecule has 225 valence electrons. The fraction of sp³-hybridized carbons (Fsp3) is 0.128. The van der Waals surface area contributed by atoms with Crippen molar-refractivity contribution in [2.45, 2.75) is 32.7 Å². The quantitative estimate of drug-likeness (QED) is 0.134. The summed E-state index contributed by atoms with van der Waals surface area (Å²) in [6.07, 6.45) is 3.83. The molecule has 1 radical (unpaired) electrons. The first-order valence-electron chi connectivity index (χ1n) is 15.1. The summed E-state index contributed by atoms with van der Waals surface area (Å²) in [7, 11) is -2.94. The summed E-state index contributed by atoms with van der Waals surface area (Å²) in [5, 5.41) is 6.67. The van der Waals surface area contributed by atoms with E-state index in [1.165, 1.54) is 32.1 Å². The van der Waals surface area contributed by atoms with Crippen LogP contribution in [0.1, 0.15) is 0 Å². The van der Waals surface area contributed by atoms with Gasteiger partial charge >= 0.3 is 0 Å². The Hall–Kier alpha value is -3.94. The van der Waals surface area contributed by atoms with E-state index < -0.39 is 16.1 Å². The van der Waals surface area contributed by atoms with Gasteiger partial charge in [-0.15, -0.1) is 54.1 Å². The molecule has 3 aromatic heterocycles. The SMILES string of the molecule is C[Si](C)(C)c1ccc(-c2[c-]cccc2)nc1.C[Si]1(C)c2ccccc2-c2cc3c(cc21)oc1c(-c2ccccn2)[c-]ccc13.[Ir]. The van der Waals surface area contributed by atoms with Crippen LogP contribution in [0.3, 0.4) is 0 Å². The Morgan fingerprint density at radius 2 is 1.49 bits per heavy atom. The van der Waals surface area contributed by atoms with Crippen molar-refractivity contribution in [3.8, 4) is 33.6 Å². The third-order valence-electron chi connectivity index (χ3n) is 8.67. The molecule has 3 nitrogen and oxygen atoms in total. The molecule has 0 fully saturated rings. The summed E-state index contributed by atoms with van der Waals surface area (Å²) in [6, 6.07) is 42.3. The zero-order valence-electron chi connectivity index (χ0n) is 26.1. The van der Waals surface area contributed by atoms with Crippen LogP contribution < -0.4 is 15.6 Å². The van der Waals surface area contributed by atoms with Crippen LogP contribution >= 0.6 is 0 Å². The molecule has 0 bridgehead atoms. The number of pyridine rings is 2. The third kappa shape index (κ3) is 5.68. The van der Waals surface area contributed by atoms with Crippen molar-refractivity contribution >= 4 is 53.6 Å². The number of hydrogen-bond donors (Lipinski definition) is 0. The third-order valence-corrected chi connectivity index (χ3v) is 14.2. The molecule has 0 saturated heterocycles. The van der Waals surface area contributed by atoms with Crippen molar-refractivity contribution in [2.24, 2.45) is 0 Å². The predicted molar refractivity (Wildman–Crippen MR) is 189 cm³/mol. The maximum Gasteiger partial charge on any atom is 0.120 e. The number of benzene rings is 4. The number of fused-ring (bicyclic) bond motifs is 6. The minimum Gasteiger partial charge on any atom is -0.501 e. The maximum atomic E-state index is 6.41. The smallest absolute Gasteiger partial charge is 0.120 e. The van der Waals surface area contributed by atoms with Crippen LogP contribution in [0, 0.1) is 12.1 Å². The summed E-state index contributed by atoms with van der Waals surface area (Å²) in [5.74, 6) is 0. The average molecular weight is 795 g/mol. The Morgan fingerprint density at radius 1 is 0.689 bits per heavy atom. The normalized spacial score (nSPS) is 13.0. The van der Waals surface area contributed by atoms with E-state index in [1.54, 1.807) is 0 Å². The van der Waals surface area contributed by atoms with E-state index in [-0.39, 0.29) is 20.1 Å². The second kappa shape index (κ2) is 12.1. The molecule has 1 aliphatic heterocycles. The van der Waals surface area contributed by atoms with E-state index in [4.69, 9.17) is 4.42 Å². The molecule has 45 heavy (non-hydrogen) atoms. The fourth-order valence-electron chi connectivity index (χ4n) is 6.19. The molecule has 4 aromatic carbocycles. The summed E-state index contributed by atoms with van der Waals surface area (Å²) >= 11 is 0. The second-order valence-corrected chi connectivity index (χ2v) is 22.3. The first kappa shape index (κ1) is 31.1. The van der Waals surface area contributed by atoms with Gasteiger partial charge in [-0.1, -0.05) is 92.2 Å². The average Bonchev–Trinajstić information content (AvgIpc) is 3.53. The molecule has 0 saturated carbocycles. The first-order chi connectivity index (χ1) is 21.2. The van der Waals surface area contributed by atoms with Gasteiger partial charge in [0.05, 0.1) is 13.7 Å². The van der Waals surface area contributed by atoms with Gasteiger partial charge in [0, 0.05) is 37.9 Å². The summed E-state index contributed by atoms with van der Waals surface area (Å²) in [4.78, 5) is 9.02. The topological polar surface area (TPSA) is 38.9 Å². The van der Waals surface area contributed by atoms with Crippen molar-refractivity contribution in [3.63, 3.8) is 0 Å². The van der Waals surface area contributed by atoms with Gasteiger partial charge in [-0.3, -0.25) is 0 Å². The van der Waals surface area contributed by atoms with Gasteiger partial charge < -0.3 is 14.4 Å².